The van der Waals surface area contributed by atoms with E-state index >= 15 is 0 Å². The summed E-state index contributed by atoms with van der Waals surface area (Å²) < 4.78 is 31.8. The van der Waals surface area contributed by atoms with Crippen molar-refractivity contribution in [2.45, 2.75) is 13.0 Å². The van der Waals surface area contributed by atoms with Gasteiger partial charge in [0.2, 0.25) is 0 Å². The highest BCUT2D eigenvalue weighted by Crippen LogP contribution is 2.27. The average molecular weight is 391 g/mol. The number of anilines is 1. The lowest BCUT2D eigenvalue weighted by atomic mass is 10.3. The molecule has 22 heavy (non-hydrogen) atoms. The summed E-state index contributed by atoms with van der Waals surface area (Å²) in [5.74, 6) is -1.06. The summed E-state index contributed by atoms with van der Waals surface area (Å²) >= 11 is 8.99. The minimum Gasteiger partial charge on any atom is -0.480 e. The van der Waals surface area contributed by atoms with Gasteiger partial charge in [-0.3, -0.25) is 4.79 Å². The van der Waals surface area contributed by atoms with Gasteiger partial charge in [-0.05, 0) is 59.3 Å². The van der Waals surface area contributed by atoms with Crippen molar-refractivity contribution in [2.75, 3.05) is 5.32 Å². The molecular weight excluding hydrogens is 380 g/mol. The first-order valence-electron chi connectivity index (χ1n) is 6.24. The first-order chi connectivity index (χ1) is 10.4. The predicted octanol–water partition coefficient (Wildman–Crippen LogP) is 4.79. The van der Waals surface area contributed by atoms with Crippen LogP contribution in [0.1, 0.15) is 6.92 Å². The third kappa shape index (κ3) is 4.18. The van der Waals surface area contributed by atoms with Gasteiger partial charge in [-0.25, -0.2) is 8.78 Å². The van der Waals surface area contributed by atoms with Crippen molar-refractivity contribution in [1.82, 2.24) is 0 Å². The van der Waals surface area contributed by atoms with Crippen molar-refractivity contribution >= 4 is 39.1 Å². The molecule has 0 fully saturated rings. The Balaban J connectivity index is 2.05. The second-order valence-corrected chi connectivity index (χ2v) is 5.71. The minimum atomic E-state index is -0.858. The van der Waals surface area contributed by atoms with Crippen molar-refractivity contribution in [3.05, 3.63) is 57.5 Å². The van der Waals surface area contributed by atoms with E-state index < -0.39 is 23.6 Å². The number of hydrogen-bond acceptors (Lipinski definition) is 2. The van der Waals surface area contributed by atoms with Gasteiger partial charge >= 0.3 is 0 Å². The van der Waals surface area contributed by atoms with Crippen LogP contribution in [0.2, 0.25) is 5.02 Å². The molecular formula is C15H11BrClF2NO2. The molecule has 3 nitrogen and oxygen atoms in total. The Hall–Kier alpha value is -1.66. The van der Waals surface area contributed by atoms with Gasteiger partial charge in [0.05, 0.1) is 15.2 Å². The Bertz CT molecular complexity index is 712. The molecule has 0 aliphatic rings. The van der Waals surface area contributed by atoms with Crippen molar-refractivity contribution in [1.29, 1.82) is 0 Å². The van der Waals surface area contributed by atoms with E-state index in [0.29, 0.717) is 10.2 Å². The molecule has 2 rings (SSSR count). The third-order valence-corrected chi connectivity index (χ3v) is 3.69. The molecule has 0 aromatic heterocycles. The standard InChI is InChI=1S/C15H11BrClF2NO2/c1-8(22-14-5-3-9(18)6-11(14)16)15(21)20-13-4-2-10(19)7-12(13)17/h2-8H,1H3,(H,20,21)/t8-/m0/s1. The van der Waals surface area contributed by atoms with E-state index in [0.717, 1.165) is 6.07 Å². The lowest BCUT2D eigenvalue weighted by Crippen LogP contribution is -2.30. The number of halogens is 4. The Morgan fingerprint density at radius 2 is 1.86 bits per heavy atom. The topological polar surface area (TPSA) is 38.3 Å². The number of amides is 1. The number of carbonyl (C=O) groups excluding carboxylic acids is 1. The van der Waals surface area contributed by atoms with Gasteiger partial charge in [0, 0.05) is 0 Å². The van der Waals surface area contributed by atoms with Crippen LogP contribution in [0.4, 0.5) is 14.5 Å². The van der Waals surface area contributed by atoms with E-state index in [1.54, 1.807) is 0 Å². The maximum absolute atomic E-state index is 13.0. The Kier molecular flexibility index (Phi) is 5.37. The van der Waals surface area contributed by atoms with Gasteiger partial charge in [0.15, 0.2) is 6.10 Å². The van der Waals surface area contributed by atoms with Gasteiger partial charge in [-0.2, -0.15) is 0 Å². The molecule has 0 heterocycles. The smallest absolute Gasteiger partial charge is 0.265 e. The highest BCUT2D eigenvalue weighted by atomic mass is 79.9. The molecule has 1 amide bonds. The molecule has 0 saturated carbocycles. The Morgan fingerprint density at radius 1 is 1.23 bits per heavy atom. The average Bonchev–Trinajstić information content (AvgIpc) is 2.44. The van der Waals surface area contributed by atoms with E-state index in [4.69, 9.17) is 16.3 Å². The second kappa shape index (κ2) is 7.07. The fourth-order valence-corrected chi connectivity index (χ4v) is 2.30. The van der Waals surface area contributed by atoms with Crippen molar-refractivity contribution in [2.24, 2.45) is 0 Å². The minimum absolute atomic E-state index is 0.0866. The van der Waals surface area contributed by atoms with E-state index in [9.17, 15) is 13.6 Å². The summed E-state index contributed by atoms with van der Waals surface area (Å²) in [6.45, 7) is 1.53. The van der Waals surface area contributed by atoms with Crippen LogP contribution in [0.15, 0.2) is 40.9 Å². The molecule has 0 saturated heterocycles. The molecule has 0 radical (unpaired) electrons. The van der Waals surface area contributed by atoms with Gasteiger partial charge < -0.3 is 10.1 Å². The number of hydrogen-bond donors (Lipinski definition) is 1. The highest BCUT2D eigenvalue weighted by molar-refractivity contribution is 9.10. The van der Waals surface area contributed by atoms with Crippen molar-refractivity contribution in [3.63, 3.8) is 0 Å². The van der Waals surface area contributed by atoms with E-state index in [1.807, 2.05) is 0 Å². The molecule has 1 N–H and O–H groups in total. The van der Waals surface area contributed by atoms with E-state index in [1.165, 1.54) is 37.3 Å². The number of carbonyl (C=O) groups is 1. The Morgan fingerprint density at radius 3 is 2.50 bits per heavy atom. The number of benzene rings is 2. The molecule has 0 spiro atoms. The lowest BCUT2D eigenvalue weighted by molar-refractivity contribution is -0.122. The van der Waals surface area contributed by atoms with Crippen LogP contribution in [-0.4, -0.2) is 12.0 Å². The lowest BCUT2D eigenvalue weighted by Gasteiger charge is -2.16. The summed E-state index contributed by atoms with van der Waals surface area (Å²) in [5.41, 5.74) is 0.279. The van der Waals surface area contributed by atoms with Crippen LogP contribution in [0.25, 0.3) is 0 Å². The number of ether oxygens (including phenoxy) is 1. The predicted molar refractivity (Wildman–Crippen MR) is 84.2 cm³/mol. The third-order valence-electron chi connectivity index (χ3n) is 2.76. The van der Waals surface area contributed by atoms with Crippen LogP contribution < -0.4 is 10.1 Å². The highest BCUT2D eigenvalue weighted by Gasteiger charge is 2.17. The molecule has 0 aliphatic carbocycles. The van der Waals surface area contributed by atoms with Gasteiger partial charge in [-0.1, -0.05) is 11.6 Å². The van der Waals surface area contributed by atoms with Crippen LogP contribution in [0.3, 0.4) is 0 Å². The molecule has 1 atom stereocenters. The molecule has 7 heteroatoms. The largest absolute Gasteiger partial charge is 0.480 e. The van der Waals surface area contributed by atoms with Crippen LogP contribution in [-0.2, 0) is 4.79 Å². The first-order valence-corrected chi connectivity index (χ1v) is 7.41. The van der Waals surface area contributed by atoms with Crippen molar-refractivity contribution < 1.29 is 18.3 Å². The number of nitrogens with one attached hydrogen (secondary N) is 1. The molecule has 0 bridgehead atoms. The number of rotatable bonds is 4. The zero-order chi connectivity index (χ0) is 16.3. The maximum Gasteiger partial charge on any atom is 0.265 e. The summed E-state index contributed by atoms with van der Waals surface area (Å²) in [4.78, 5) is 12.1. The summed E-state index contributed by atoms with van der Waals surface area (Å²) in [6, 6.07) is 7.51. The van der Waals surface area contributed by atoms with Crippen LogP contribution >= 0.6 is 27.5 Å². The van der Waals surface area contributed by atoms with Crippen LogP contribution in [0, 0.1) is 11.6 Å². The molecule has 0 unspecified atom stereocenters. The molecule has 2 aromatic carbocycles. The maximum atomic E-state index is 13.0. The SMILES string of the molecule is C[C@H](Oc1ccc(F)cc1Br)C(=O)Nc1ccc(F)cc1Cl. The zero-order valence-electron chi connectivity index (χ0n) is 11.4. The quantitative estimate of drug-likeness (QED) is 0.815. The second-order valence-electron chi connectivity index (χ2n) is 4.45. The summed E-state index contributed by atoms with van der Waals surface area (Å²) in [5, 5.41) is 2.62. The fourth-order valence-electron chi connectivity index (χ4n) is 1.64. The normalized spacial score (nSPS) is 11.9. The summed E-state index contributed by atoms with van der Waals surface area (Å²) in [6.07, 6.45) is -0.858. The van der Waals surface area contributed by atoms with Crippen molar-refractivity contribution in [3.8, 4) is 5.75 Å². The van der Waals surface area contributed by atoms with Gasteiger partial charge in [0.25, 0.3) is 5.91 Å². The molecule has 2 aromatic rings. The first kappa shape index (κ1) is 16.7. The zero-order valence-corrected chi connectivity index (χ0v) is 13.7. The van der Waals surface area contributed by atoms with Gasteiger partial charge in [-0.15, -0.1) is 0 Å². The fraction of sp³-hybridized carbons (Fsp3) is 0.133. The molecule has 116 valence electrons. The molecule has 0 aliphatic heterocycles. The Labute approximate surface area is 139 Å². The van der Waals surface area contributed by atoms with E-state index in [2.05, 4.69) is 21.2 Å². The van der Waals surface area contributed by atoms with E-state index in [-0.39, 0.29) is 10.7 Å². The van der Waals surface area contributed by atoms with Gasteiger partial charge in [0.1, 0.15) is 17.4 Å². The van der Waals surface area contributed by atoms with Crippen LogP contribution in [0.5, 0.6) is 5.75 Å². The monoisotopic (exact) mass is 389 g/mol. The summed E-state index contributed by atoms with van der Waals surface area (Å²) in [7, 11) is 0.